The normalized spacial score (nSPS) is 12.5. The molecule has 19 heavy (non-hydrogen) atoms. The molecular formula is C12H15N3O2S2. The zero-order chi connectivity index (χ0) is 13.8. The minimum absolute atomic E-state index is 0.0186. The van der Waals surface area contributed by atoms with Crippen molar-refractivity contribution in [2.45, 2.75) is 31.5 Å². The van der Waals surface area contributed by atoms with Crippen LogP contribution in [0.4, 0.5) is 0 Å². The Balaban J connectivity index is 2.30. The van der Waals surface area contributed by atoms with Crippen LogP contribution in [0.1, 0.15) is 30.6 Å². The van der Waals surface area contributed by atoms with E-state index in [9.17, 15) is 4.79 Å². The topological polar surface area (TPSA) is 68.0 Å². The van der Waals surface area contributed by atoms with Gasteiger partial charge < -0.3 is 9.67 Å². The van der Waals surface area contributed by atoms with Crippen LogP contribution in [0, 0.1) is 0 Å². The Kier molecular flexibility index (Phi) is 4.60. The fraction of sp³-hybridized carbons (Fsp3) is 0.417. The summed E-state index contributed by atoms with van der Waals surface area (Å²) in [5.41, 5.74) is 1.09. The number of rotatable bonds is 6. The van der Waals surface area contributed by atoms with Gasteiger partial charge in [0.1, 0.15) is 5.01 Å². The lowest BCUT2D eigenvalue weighted by Gasteiger charge is -2.16. The van der Waals surface area contributed by atoms with Crippen molar-refractivity contribution in [3.63, 3.8) is 0 Å². The molecule has 0 aromatic carbocycles. The molecule has 0 fully saturated rings. The first-order valence-corrected chi connectivity index (χ1v) is 7.80. The van der Waals surface area contributed by atoms with Crippen LogP contribution in [0.25, 0.3) is 0 Å². The molecule has 0 aliphatic rings. The van der Waals surface area contributed by atoms with Crippen molar-refractivity contribution < 1.29 is 9.90 Å². The van der Waals surface area contributed by atoms with E-state index in [1.165, 1.54) is 11.8 Å². The quantitative estimate of drug-likeness (QED) is 0.830. The van der Waals surface area contributed by atoms with Crippen LogP contribution in [0.15, 0.2) is 22.9 Å². The van der Waals surface area contributed by atoms with Gasteiger partial charge in [-0.2, -0.15) is 0 Å². The fourth-order valence-electron chi connectivity index (χ4n) is 1.84. The van der Waals surface area contributed by atoms with E-state index in [0.717, 1.165) is 22.3 Å². The summed E-state index contributed by atoms with van der Waals surface area (Å²) >= 11 is 2.84. The van der Waals surface area contributed by atoms with Gasteiger partial charge in [0.15, 0.2) is 5.16 Å². The van der Waals surface area contributed by atoms with E-state index in [0.29, 0.717) is 0 Å². The monoisotopic (exact) mass is 297 g/mol. The molecule has 0 aliphatic carbocycles. The highest BCUT2D eigenvalue weighted by Crippen LogP contribution is 2.28. The van der Waals surface area contributed by atoms with E-state index in [1.54, 1.807) is 17.5 Å². The van der Waals surface area contributed by atoms with E-state index in [4.69, 9.17) is 5.11 Å². The van der Waals surface area contributed by atoms with Gasteiger partial charge >= 0.3 is 5.97 Å². The number of hydrogen-bond donors (Lipinski definition) is 1. The van der Waals surface area contributed by atoms with Gasteiger partial charge in [0, 0.05) is 23.5 Å². The molecule has 1 unspecified atom stereocenters. The molecule has 7 heteroatoms. The second-order valence-corrected chi connectivity index (χ2v) is 5.85. The summed E-state index contributed by atoms with van der Waals surface area (Å²) in [4.78, 5) is 19.3. The largest absolute Gasteiger partial charge is 0.481 e. The van der Waals surface area contributed by atoms with Crippen molar-refractivity contribution >= 4 is 29.1 Å². The fourth-order valence-corrected chi connectivity index (χ4v) is 3.32. The maximum Gasteiger partial charge on any atom is 0.313 e. The smallest absolute Gasteiger partial charge is 0.313 e. The summed E-state index contributed by atoms with van der Waals surface area (Å²) in [6, 6.07) is 0.0775. The van der Waals surface area contributed by atoms with E-state index < -0.39 is 5.97 Å². The Labute approximate surface area is 119 Å². The first kappa shape index (κ1) is 14.1. The number of imidazole rings is 1. The maximum atomic E-state index is 10.7. The number of carbonyl (C=O) groups is 1. The minimum atomic E-state index is -0.834. The Morgan fingerprint density at radius 2 is 2.37 bits per heavy atom. The molecule has 0 saturated carbocycles. The summed E-state index contributed by atoms with van der Waals surface area (Å²) in [5.74, 6) is -0.815. The van der Waals surface area contributed by atoms with Crippen molar-refractivity contribution in [3.05, 3.63) is 28.5 Å². The van der Waals surface area contributed by atoms with E-state index >= 15 is 0 Å². The van der Waals surface area contributed by atoms with Gasteiger partial charge in [-0.25, -0.2) is 9.97 Å². The molecule has 1 atom stereocenters. The van der Waals surface area contributed by atoms with E-state index in [-0.39, 0.29) is 11.8 Å². The second-order valence-electron chi connectivity index (χ2n) is 3.98. The molecule has 2 heterocycles. The molecule has 102 valence electrons. The summed E-state index contributed by atoms with van der Waals surface area (Å²) in [6.45, 7) is 4.12. The average Bonchev–Trinajstić information content (AvgIpc) is 3.04. The predicted molar refractivity (Wildman–Crippen MR) is 75.9 cm³/mol. The first-order valence-electron chi connectivity index (χ1n) is 5.93. The van der Waals surface area contributed by atoms with Crippen LogP contribution in [-0.4, -0.2) is 31.4 Å². The number of aromatic nitrogens is 3. The SMILES string of the molecule is CCc1cnc(SCC(=O)O)n1C(C)c1nccs1. The van der Waals surface area contributed by atoms with Gasteiger partial charge in [0.25, 0.3) is 0 Å². The van der Waals surface area contributed by atoms with Crippen LogP contribution in [0.5, 0.6) is 0 Å². The lowest BCUT2D eigenvalue weighted by molar-refractivity contribution is -0.133. The van der Waals surface area contributed by atoms with Crippen molar-refractivity contribution in [2.24, 2.45) is 0 Å². The van der Waals surface area contributed by atoms with Crippen LogP contribution in [0.3, 0.4) is 0 Å². The van der Waals surface area contributed by atoms with Crippen LogP contribution < -0.4 is 0 Å². The number of thiazole rings is 1. The first-order chi connectivity index (χ1) is 9.13. The zero-order valence-corrected chi connectivity index (χ0v) is 12.4. The number of hydrogen-bond acceptors (Lipinski definition) is 5. The van der Waals surface area contributed by atoms with Gasteiger partial charge in [0.2, 0.25) is 0 Å². The summed E-state index contributed by atoms with van der Waals surface area (Å²) in [7, 11) is 0. The molecule has 2 aromatic heterocycles. The van der Waals surface area contributed by atoms with Crippen LogP contribution >= 0.6 is 23.1 Å². The van der Waals surface area contributed by atoms with Crippen LogP contribution in [0.2, 0.25) is 0 Å². The predicted octanol–water partition coefficient (Wildman–Crippen LogP) is 2.69. The molecule has 0 aliphatic heterocycles. The minimum Gasteiger partial charge on any atom is -0.481 e. The Morgan fingerprint density at radius 3 is 2.95 bits per heavy atom. The molecule has 5 nitrogen and oxygen atoms in total. The standard InChI is InChI=1S/C12H15N3O2S2/c1-3-9-6-14-12(19-7-10(16)17)15(9)8(2)11-13-4-5-18-11/h4-6,8H,3,7H2,1-2H3,(H,16,17). The third-order valence-corrected chi connectivity index (χ3v) is 4.62. The van der Waals surface area contributed by atoms with E-state index in [2.05, 4.69) is 28.4 Å². The van der Waals surface area contributed by atoms with Gasteiger partial charge in [-0.15, -0.1) is 11.3 Å². The Bertz CT molecular complexity index is 551. The van der Waals surface area contributed by atoms with Crippen molar-refractivity contribution in [2.75, 3.05) is 5.75 Å². The maximum absolute atomic E-state index is 10.7. The zero-order valence-electron chi connectivity index (χ0n) is 10.7. The lowest BCUT2D eigenvalue weighted by Crippen LogP contribution is -2.12. The average molecular weight is 297 g/mol. The highest BCUT2D eigenvalue weighted by Gasteiger charge is 2.19. The number of thioether (sulfide) groups is 1. The molecule has 2 aromatic rings. The summed E-state index contributed by atoms with van der Waals surface area (Å²) in [6.07, 6.45) is 4.45. The number of aryl methyl sites for hydroxylation is 1. The number of aliphatic carboxylic acids is 1. The lowest BCUT2D eigenvalue weighted by atomic mass is 10.3. The van der Waals surface area contributed by atoms with Crippen molar-refractivity contribution in [1.82, 2.24) is 14.5 Å². The Hall–Kier alpha value is -1.34. The third-order valence-electron chi connectivity index (χ3n) is 2.72. The van der Waals surface area contributed by atoms with Gasteiger partial charge in [-0.05, 0) is 13.3 Å². The highest BCUT2D eigenvalue weighted by atomic mass is 32.2. The molecule has 0 amide bonds. The van der Waals surface area contributed by atoms with Crippen molar-refractivity contribution in [1.29, 1.82) is 0 Å². The van der Waals surface area contributed by atoms with Crippen molar-refractivity contribution in [3.8, 4) is 0 Å². The third kappa shape index (κ3) is 3.16. The molecular weight excluding hydrogens is 282 g/mol. The second kappa shape index (κ2) is 6.21. The molecule has 0 spiro atoms. The molecule has 0 radical (unpaired) electrons. The molecule has 1 N–H and O–H groups in total. The Morgan fingerprint density at radius 1 is 1.58 bits per heavy atom. The number of carboxylic acid groups (broad SMARTS) is 1. The number of nitrogens with zero attached hydrogens (tertiary/aromatic N) is 3. The molecule has 2 rings (SSSR count). The van der Waals surface area contributed by atoms with Gasteiger partial charge in [-0.1, -0.05) is 18.7 Å². The van der Waals surface area contributed by atoms with Crippen LogP contribution in [-0.2, 0) is 11.2 Å². The highest BCUT2D eigenvalue weighted by molar-refractivity contribution is 7.99. The van der Waals surface area contributed by atoms with Gasteiger partial charge in [-0.3, -0.25) is 4.79 Å². The molecule has 0 saturated heterocycles. The molecule has 0 bridgehead atoms. The number of carboxylic acids is 1. The van der Waals surface area contributed by atoms with Gasteiger partial charge in [0.05, 0.1) is 11.8 Å². The summed E-state index contributed by atoms with van der Waals surface area (Å²) in [5, 5.41) is 12.5. The summed E-state index contributed by atoms with van der Waals surface area (Å²) < 4.78 is 2.08. The van der Waals surface area contributed by atoms with E-state index in [1.807, 2.05) is 11.6 Å².